The lowest BCUT2D eigenvalue weighted by Gasteiger charge is -2.34. The minimum absolute atomic E-state index is 0.0776. The van der Waals surface area contributed by atoms with E-state index in [2.05, 4.69) is 10.2 Å². The monoisotopic (exact) mass is 402 g/mol. The molecule has 0 amide bonds. The van der Waals surface area contributed by atoms with Gasteiger partial charge < -0.3 is 29.6 Å². The van der Waals surface area contributed by atoms with Crippen molar-refractivity contribution in [3.8, 4) is 17.0 Å². The van der Waals surface area contributed by atoms with Gasteiger partial charge >= 0.3 is 0 Å². The van der Waals surface area contributed by atoms with Crippen LogP contribution >= 0.6 is 11.6 Å². The molecule has 1 aromatic carbocycles. The van der Waals surface area contributed by atoms with Gasteiger partial charge in [0.1, 0.15) is 11.4 Å². The number of aromatic nitrogens is 2. The molecule has 8 heteroatoms. The molecule has 3 aromatic rings. The normalized spacial score (nSPS) is 17.3. The fourth-order valence-electron chi connectivity index (χ4n) is 3.60. The van der Waals surface area contributed by atoms with Crippen LogP contribution in [0.3, 0.4) is 0 Å². The van der Waals surface area contributed by atoms with Crippen molar-refractivity contribution in [2.24, 2.45) is 0 Å². The average Bonchev–Trinajstić information content (AvgIpc) is 3.16. The first kappa shape index (κ1) is 19.0. The molecule has 0 radical (unpaired) electrons. The van der Waals surface area contributed by atoms with Crippen LogP contribution < -0.4 is 15.0 Å². The Kier molecular flexibility index (Phi) is 5.41. The van der Waals surface area contributed by atoms with E-state index in [9.17, 15) is 10.2 Å². The third-order valence-corrected chi connectivity index (χ3v) is 5.40. The molecule has 4 rings (SSSR count). The molecule has 2 aromatic heterocycles. The van der Waals surface area contributed by atoms with Crippen molar-refractivity contribution >= 4 is 22.9 Å². The number of benzene rings is 1. The lowest BCUT2D eigenvalue weighted by molar-refractivity contribution is 0.235. The summed E-state index contributed by atoms with van der Waals surface area (Å²) < 4.78 is 7.19. The van der Waals surface area contributed by atoms with Crippen LogP contribution in [0.1, 0.15) is 5.56 Å². The van der Waals surface area contributed by atoms with Crippen LogP contribution in [0, 0.1) is 0 Å². The number of ether oxygens (including phenoxy) is 1. The summed E-state index contributed by atoms with van der Waals surface area (Å²) in [5.41, 5.74) is 4.10. The number of aliphatic hydroxyl groups is 2. The van der Waals surface area contributed by atoms with Gasteiger partial charge in [0.05, 0.1) is 31.0 Å². The molecule has 28 heavy (non-hydrogen) atoms. The highest BCUT2D eigenvalue weighted by Crippen LogP contribution is 2.34. The average molecular weight is 403 g/mol. The standard InChI is InChI=1S/C20H23ClN4O3/c1-28-19-6-13(11-26)16(8-17(19)21)18-10-25-4-2-15(7-20(25)23-18)24-5-3-22-14(9-24)12-27/h2,4,6-8,10,14,22,26-27H,3,5,9,11-12H2,1H3. The van der Waals surface area contributed by atoms with Crippen LogP contribution in [0.2, 0.25) is 5.02 Å². The number of anilines is 1. The molecule has 0 spiro atoms. The molecule has 1 aliphatic heterocycles. The Morgan fingerprint density at radius 1 is 1.32 bits per heavy atom. The molecule has 3 heterocycles. The number of imidazole rings is 1. The number of halogens is 1. The number of aliphatic hydroxyl groups excluding tert-OH is 2. The van der Waals surface area contributed by atoms with E-state index in [0.717, 1.165) is 42.2 Å². The van der Waals surface area contributed by atoms with Crippen molar-refractivity contribution in [2.45, 2.75) is 12.6 Å². The lowest BCUT2D eigenvalue weighted by atomic mass is 10.1. The fraction of sp³-hybridized carbons (Fsp3) is 0.350. The van der Waals surface area contributed by atoms with Gasteiger partial charge in [-0.3, -0.25) is 0 Å². The van der Waals surface area contributed by atoms with Gasteiger partial charge in [0.25, 0.3) is 0 Å². The first-order valence-corrected chi connectivity index (χ1v) is 9.56. The Labute approximate surface area is 168 Å². The summed E-state index contributed by atoms with van der Waals surface area (Å²) in [5.74, 6) is 0.526. The summed E-state index contributed by atoms with van der Waals surface area (Å²) in [4.78, 5) is 6.99. The molecule has 1 unspecified atom stereocenters. The maximum Gasteiger partial charge on any atom is 0.139 e. The zero-order chi connectivity index (χ0) is 19.7. The first-order chi connectivity index (χ1) is 13.6. The van der Waals surface area contributed by atoms with Crippen molar-refractivity contribution in [1.29, 1.82) is 0 Å². The Balaban J connectivity index is 1.70. The zero-order valence-corrected chi connectivity index (χ0v) is 16.4. The van der Waals surface area contributed by atoms with E-state index in [-0.39, 0.29) is 19.3 Å². The van der Waals surface area contributed by atoms with Crippen LogP contribution in [0.5, 0.6) is 5.75 Å². The number of pyridine rings is 1. The highest BCUT2D eigenvalue weighted by atomic mass is 35.5. The van der Waals surface area contributed by atoms with Crippen LogP contribution in [0.25, 0.3) is 16.9 Å². The molecule has 0 aliphatic carbocycles. The van der Waals surface area contributed by atoms with Crippen molar-refractivity contribution in [3.63, 3.8) is 0 Å². The molecule has 1 saturated heterocycles. The molecule has 0 bridgehead atoms. The van der Waals surface area contributed by atoms with Gasteiger partial charge in [0.15, 0.2) is 0 Å². The second-order valence-corrected chi connectivity index (χ2v) is 7.27. The number of nitrogens with zero attached hydrogens (tertiary/aromatic N) is 3. The molecule has 148 valence electrons. The van der Waals surface area contributed by atoms with E-state index in [1.165, 1.54) is 0 Å². The van der Waals surface area contributed by atoms with Crippen molar-refractivity contribution < 1.29 is 14.9 Å². The molecular weight excluding hydrogens is 380 g/mol. The number of hydrogen-bond acceptors (Lipinski definition) is 6. The fourth-order valence-corrected chi connectivity index (χ4v) is 3.84. The van der Waals surface area contributed by atoms with Crippen molar-refractivity contribution in [3.05, 3.63) is 47.2 Å². The minimum Gasteiger partial charge on any atom is -0.495 e. The quantitative estimate of drug-likeness (QED) is 0.605. The van der Waals surface area contributed by atoms with Crippen molar-refractivity contribution in [2.75, 3.05) is 38.3 Å². The summed E-state index contributed by atoms with van der Waals surface area (Å²) in [5, 5.41) is 23.0. The predicted octanol–water partition coefficient (Wildman–Crippen LogP) is 1.93. The lowest BCUT2D eigenvalue weighted by Crippen LogP contribution is -2.52. The number of rotatable bonds is 5. The smallest absolute Gasteiger partial charge is 0.139 e. The third-order valence-electron chi connectivity index (χ3n) is 5.11. The maximum absolute atomic E-state index is 9.76. The molecule has 1 fully saturated rings. The summed E-state index contributed by atoms with van der Waals surface area (Å²) in [6.07, 6.45) is 3.89. The van der Waals surface area contributed by atoms with Gasteiger partial charge in [-0.15, -0.1) is 0 Å². The van der Waals surface area contributed by atoms with Gasteiger partial charge in [0.2, 0.25) is 0 Å². The highest BCUT2D eigenvalue weighted by molar-refractivity contribution is 6.32. The molecule has 0 saturated carbocycles. The van der Waals surface area contributed by atoms with E-state index in [1.807, 2.05) is 28.9 Å². The number of methoxy groups -OCH3 is 1. The summed E-state index contributed by atoms with van der Waals surface area (Å²) in [7, 11) is 1.55. The number of nitrogens with one attached hydrogen (secondary N) is 1. The topological polar surface area (TPSA) is 82.3 Å². The first-order valence-electron chi connectivity index (χ1n) is 9.18. The van der Waals surface area contributed by atoms with E-state index in [1.54, 1.807) is 19.2 Å². The SMILES string of the molecule is COc1cc(CO)c(-c2cn3ccc(N4CCNC(CO)C4)cc3n2)cc1Cl. The summed E-state index contributed by atoms with van der Waals surface area (Å²) in [6, 6.07) is 7.67. The minimum atomic E-state index is -0.134. The second kappa shape index (κ2) is 7.97. The molecule has 7 nitrogen and oxygen atoms in total. The summed E-state index contributed by atoms with van der Waals surface area (Å²) in [6.45, 7) is 2.45. The van der Waals surface area contributed by atoms with Gasteiger partial charge in [0, 0.05) is 55.4 Å². The third kappa shape index (κ3) is 3.54. The van der Waals surface area contributed by atoms with Crippen LogP contribution in [0.4, 0.5) is 5.69 Å². The predicted molar refractivity (Wildman–Crippen MR) is 109 cm³/mol. The van der Waals surface area contributed by atoms with E-state index in [0.29, 0.717) is 16.3 Å². The Morgan fingerprint density at radius 2 is 2.18 bits per heavy atom. The Morgan fingerprint density at radius 3 is 2.93 bits per heavy atom. The van der Waals surface area contributed by atoms with Gasteiger partial charge in [-0.2, -0.15) is 0 Å². The molecule has 1 atom stereocenters. The maximum atomic E-state index is 9.76. The second-order valence-electron chi connectivity index (χ2n) is 6.86. The van der Waals surface area contributed by atoms with Gasteiger partial charge in [-0.05, 0) is 23.8 Å². The van der Waals surface area contributed by atoms with E-state index >= 15 is 0 Å². The van der Waals surface area contributed by atoms with E-state index in [4.69, 9.17) is 21.3 Å². The summed E-state index contributed by atoms with van der Waals surface area (Å²) >= 11 is 6.29. The number of fused-ring (bicyclic) bond motifs is 1. The van der Waals surface area contributed by atoms with Gasteiger partial charge in [-0.25, -0.2) is 4.98 Å². The molecule has 3 N–H and O–H groups in total. The zero-order valence-electron chi connectivity index (χ0n) is 15.6. The van der Waals surface area contributed by atoms with Crippen molar-refractivity contribution in [1.82, 2.24) is 14.7 Å². The molecule has 1 aliphatic rings. The largest absolute Gasteiger partial charge is 0.495 e. The number of hydrogen-bond donors (Lipinski definition) is 3. The highest BCUT2D eigenvalue weighted by Gasteiger charge is 2.19. The van der Waals surface area contributed by atoms with Gasteiger partial charge in [-0.1, -0.05) is 11.6 Å². The Hall–Kier alpha value is -2.32. The van der Waals surface area contributed by atoms with Crippen LogP contribution in [0.15, 0.2) is 36.7 Å². The van der Waals surface area contributed by atoms with Crippen LogP contribution in [-0.4, -0.2) is 59.0 Å². The Bertz CT molecular complexity index is 991. The van der Waals surface area contributed by atoms with Crippen LogP contribution in [-0.2, 0) is 6.61 Å². The number of piperazine rings is 1. The van der Waals surface area contributed by atoms with E-state index < -0.39 is 0 Å². The molecular formula is C20H23ClN4O3.